The number of amides is 2. The molecule has 0 bridgehead atoms. The first kappa shape index (κ1) is 24.7. The highest BCUT2D eigenvalue weighted by Crippen LogP contribution is 2.13. The molecule has 1 atom stereocenters. The van der Waals surface area contributed by atoms with Crippen LogP contribution in [0.25, 0.3) is 0 Å². The van der Waals surface area contributed by atoms with E-state index in [2.05, 4.69) is 15.6 Å². The number of benzene rings is 3. The van der Waals surface area contributed by atoms with E-state index in [4.69, 9.17) is 9.47 Å². The molecule has 3 rings (SSSR count). The van der Waals surface area contributed by atoms with Gasteiger partial charge in [-0.15, -0.1) is 4.83 Å². The Morgan fingerprint density at radius 3 is 2.09 bits per heavy atom. The lowest BCUT2D eigenvalue weighted by Gasteiger charge is -2.19. The summed E-state index contributed by atoms with van der Waals surface area (Å²) >= 11 is 0. The maximum absolute atomic E-state index is 12.8. The van der Waals surface area contributed by atoms with Gasteiger partial charge in [-0.25, -0.2) is 8.42 Å². The Morgan fingerprint density at radius 2 is 1.47 bits per heavy atom. The molecular formula is C24H25N3O6S. The fraction of sp³-hybridized carbons (Fsp3) is 0.167. The predicted molar refractivity (Wildman–Crippen MR) is 125 cm³/mol. The highest BCUT2D eigenvalue weighted by molar-refractivity contribution is 7.89. The molecule has 3 N–H and O–H groups in total. The smallest absolute Gasteiger partial charge is 0.258 e. The third-order valence-corrected chi connectivity index (χ3v) is 5.99. The van der Waals surface area contributed by atoms with Crippen molar-refractivity contribution < 1.29 is 27.5 Å². The normalized spacial score (nSPS) is 11.8. The van der Waals surface area contributed by atoms with E-state index >= 15 is 0 Å². The lowest BCUT2D eigenvalue weighted by atomic mass is 10.1. The van der Waals surface area contributed by atoms with Crippen LogP contribution in [0.15, 0.2) is 89.8 Å². The maximum Gasteiger partial charge on any atom is 0.258 e. The number of nitrogens with one attached hydrogen (secondary N) is 3. The van der Waals surface area contributed by atoms with Gasteiger partial charge in [-0.2, -0.15) is 0 Å². The van der Waals surface area contributed by atoms with Crippen LogP contribution >= 0.6 is 0 Å². The molecule has 9 nitrogen and oxygen atoms in total. The Kier molecular flexibility index (Phi) is 8.60. The zero-order valence-electron chi connectivity index (χ0n) is 18.4. The summed E-state index contributed by atoms with van der Waals surface area (Å²) in [5, 5.41) is 2.60. The number of hydrogen-bond acceptors (Lipinski definition) is 6. The number of hydrogen-bond donors (Lipinski definition) is 3. The number of carbonyl (C=O) groups excluding carboxylic acids is 2. The first-order valence-electron chi connectivity index (χ1n) is 10.3. The minimum atomic E-state index is -3.98. The van der Waals surface area contributed by atoms with Crippen molar-refractivity contribution in [2.24, 2.45) is 0 Å². The molecule has 0 aliphatic rings. The first-order chi connectivity index (χ1) is 16.4. The number of para-hydroxylation sites is 1. The zero-order chi connectivity index (χ0) is 24.4. The SMILES string of the molecule is COc1ccc(CC(NC(=O)COc2ccccc2)C(=O)NNS(=O)(=O)c2ccccc2)cc1. The van der Waals surface area contributed by atoms with Crippen molar-refractivity contribution in [3.63, 3.8) is 0 Å². The number of methoxy groups -OCH3 is 1. The molecule has 0 aromatic heterocycles. The van der Waals surface area contributed by atoms with Crippen LogP contribution in [0, 0.1) is 0 Å². The standard InChI is InChI=1S/C24H25N3O6S/c1-32-19-14-12-18(13-15-19)16-22(25-23(28)17-33-20-8-4-2-5-9-20)24(29)26-27-34(30,31)21-10-6-3-7-11-21/h2-15,22,27H,16-17H2,1H3,(H,25,28)(H,26,29). The second-order valence-corrected chi connectivity index (χ2v) is 8.86. The molecule has 0 spiro atoms. The minimum absolute atomic E-state index is 0.0118. The summed E-state index contributed by atoms with van der Waals surface area (Å²) in [5.74, 6) is -0.128. The molecule has 10 heteroatoms. The van der Waals surface area contributed by atoms with Gasteiger partial charge >= 0.3 is 0 Å². The van der Waals surface area contributed by atoms with E-state index in [1.54, 1.807) is 66.7 Å². The van der Waals surface area contributed by atoms with Crippen LogP contribution in [0.3, 0.4) is 0 Å². The van der Waals surface area contributed by atoms with Gasteiger partial charge in [0.1, 0.15) is 17.5 Å². The van der Waals surface area contributed by atoms with E-state index in [-0.39, 0.29) is 17.9 Å². The minimum Gasteiger partial charge on any atom is -0.497 e. The molecule has 0 radical (unpaired) electrons. The van der Waals surface area contributed by atoms with Crippen LogP contribution in [0.2, 0.25) is 0 Å². The third kappa shape index (κ3) is 7.32. The number of ether oxygens (including phenoxy) is 2. The number of carbonyl (C=O) groups is 2. The average Bonchev–Trinajstić information content (AvgIpc) is 2.87. The van der Waals surface area contributed by atoms with E-state index < -0.39 is 27.9 Å². The van der Waals surface area contributed by atoms with E-state index in [9.17, 15) is 18.0 Å². The number of sulfonamides is 1. The van der Waals surface area contributed by atoms with Gasteiger partial charge in [0.25, 0.3) is 21.8 Å². The Bertz CT molecular complexity index is 1190. The fourth-order valence-electron chi connectivity index (χ4n) is 2.97. The molecule has 0 saturated carbocycles. The Labute approximate surface area is 198 Å². The van der Waals surface area contributed by atoms with Gasteiger partial charge in [0.05, 0.1) is 12.0 Å². The largest absolute Gasteiger partial charge is 0.497 e. The van der Waals surface area contributed by atoms with Gasteiger partial charge < -0.3 is 14.8 Å². The van der Waals surface area contributed by atoms with Crippen LogP contribution in [-0.4, -0.2) is 40.0 Å². The van der Waals surface area contributed by atoms with Crippen molar-refractivity contribution in [2.45, 2.75) is 17.4 Å². The fourth-order valence-corrected chi connectivity index (χ4v) is 3.84. The summed E-state index contributed by atoms with van der Waals surface area (Å²) in [7, 11) is -2.44. The molecular weight excluding hydrogens is 458 g/mol. The average molecular weight is 484 g/mol. The third-order valence-electron chi connectivity index (χ3n) is 4.73. The van der Waals surface area contributed by atoms with E-state index in [0.29, 0.717) is 11.5 Å². The predicted octanol–water partition coefficient (Wildman–Crippen LogP) is 1.81. The summed E-state index contributed by atoms with van der Waals surface area (Å²) in [6.07, 6.45) is 0.111. The van der Waals surface area contributed by atoms with Gasteiger partial charge in [0.2, 0.25) is 0 Å². The van der Waals surface area contributed by atoms with Gasteiger partial charge in [-0.1, -0.05) is 48.5 Å². The summed E-state index contributed by atoms with van der Waals surface area (Å²) in [5.41, 5.74) is 2.92. The molecule has 1 unspecified atom stereocenters. The van der Waals surface area contributed by atoms with Gasteiger partial charge in [-0.3, -0.25) is 15.0 Å². The van der Waals surface area contributed by atoms with E-state index in [1.807, 2.05) is 6.07 Å². The molecule has 0 saturated heterocycles. The molecule has 0 heterocycles. The molecule has 0 fully saturated rings. The lowest BCUT2D eigenvalue weighted by Crippen LogP contribution is -2.53. The molecule has 0 aliphatic carbocycles. The second kappa shape index (κ2) is 11.8. The van der Waals surface area contributed by atoms with Crippen molar-refractivity contribution in [3.8, 4) is 11.5 Å². The van der Waals surface area contributed by atoms with Crippen LogP contribution in [-0.2, 0) is 26.0 Å². The van der Waals surface area contributed by atoms with E-state index in [0.717, 1.165) is 5.56 Å². The summed E-state index contributed by atoms with van der Waals surface area (Å²) in [4.78, 5) is 27.4. The molecule has 0 aliphatic heterocycles. The molecule has 3 aromatic rings. The Morgan fingerprint density at radius 1 is 0.853 bits per heavy atom. The highest BCUT2D eigenvalue weighted by atomic mass is 32.2. The summed E-state index contributed by atoms with van der Waals surface area (Å²) in [6.45, 7) is -0.313. The quantitative estimate of drug-likeness (QED) is 0.358. The lowest BCUT2D eigenvalue weighted by molar-refractivity contribution is -0.130. The maximum atomic E-state index is 12.8. The van der Waals surface area contributed by atoms with E-state index in [1.165, 1.54) is 19.2 Å². The van der Waals surface area contributed by atoms with Crippen molar-refractivity contribution >= 4 is 21.8 Å². The second-order valence-electron chi connectivity index (χ2n) is 7.18. The van der Waals surface area contributed by atoms with Gasteiger partial charge in [-0.05, 0) is 42.0 Å². The van der Waals surface area contributed by atoms with Crippen molar-refractivity contribution in [1.82, 2.24) is 15.6 Å². The Balaban J connectivity index is 1.67. The summed E-state index contributed by atoms with van der Waals surface area (Å²) in [6, 6.07) is 22.2. The highest BCUT2D eigenvalue weighted by Gasteiger charge is 2.24. The molecule has 34 heavy (non-hydrogen) atoms. The molecule has 2 amide bonds. The molecule has 3 aromatic carbocycles. The van der Waals surface area contributed by atoms with Crippen LogP contribution in [0.1, 0.15) is 5.56 Å². The van der Waals surface area contributed by atoms with Crippen LogP contribution < -0.4 is 25.0 Å². The molecule has 178 valence electrons. The Hall–Kier alpha value is -3.89. The number of rotatable bonds is 11. The van der Waals surface area contributed by atoms with Crippen molar-refractivity contribution in [2.75, 3.05) is 13.7 Å². The van der Waals surface area contributed by atoms with Crippen molar-refractivity contribution in [1.29, 1.82) is 0 Å². The first-order valence-corrected chi connectivity index (χ1v) is 11.8. The van der Waals surface area contributed by atoms with Crippen molar-refractivity contribution in [3.05, 3.63) is 90.5 Å². The number of hydrazine groups is 1. The summed E-state index contributed by atoms with van der Waals surface area (Å²) < 4.78 is 35.4. The topological polar surface area (TPSA) is 123 Å². The monoisotopic (exact) mass is 483 g/mol. The van der Waals surface area contributed by atoms with Crippen LogP contribution in [0.4, 0.5) is 0 Å². The zero-order valence-corrected chi connectivity index (χ0v) is 19.2. The van der Waals surface area contributed by atoms with Gasteiger partial charge in [0, 0.05) is 6.42 Å². The van der Waals surface area contributed by atoms with Gasteiger partial charge in [0.15, 0.2) is 6.61 Å². The van der Waals surface area contributed by atoms with Crippen LogP contribution in [0.5, 0.6) is 11.5 Å².